The number of carbonyl (C=O) groups excluding carboxylic acids is 1. The van der Waals surface area contributed by atoms with Crippen molar-refractivity contribution in [2.45, 2.75) is 45.6 Å². The zero-order chi connectivity index (χ0) is 12.4. The molecule has 0 saturated carbocycles. The number of hydrogen-bond acceptors (Lipinski definition) is 3. The van der Waals surface area contributed by atoms with Gasteiger partial charge in [0.2, 0.25) is 0 Å². The van der Waals surface area contributed by atoms with E-state index in [0.717, 1.165) is 24.8 Å². The van der Waals surface area contributed by atoms with Gasteiger partial charge in [-0.15, -0.1) is 0 Å². The molecule has 16 heavy (non-hydrogen) atoms. The van der Waals surface area contributed by atoms with E-state index in [-0.39, 0.29) is 19.0 Å². The highest BCUT2D eigenvalue weighted by atomic mass is 16.5. The van der Waals surface area contributed by atoms with Crippen molar-refractivity contribution in [3.63, 3.8) is 0 Å². The Balaban J connectivity index is 4.14. The van der Waals surface area contributed by atoms with Gasteiger partial charge >= 0.3 is 5.97 Å². The number of unbranched alkanes of at least 4 members (excludes halogenated alkanes) is 1. The molecule has 1 atom stereocenters. The van der Waals surface area contributed by atoms with Crippen molar-refractivity contribution in [1.29, 1.82) is 0 Å². The van der Waals surface area contributed by atoms with Gasteiger partial charge in [-0.3, -0.25) is 4.79 Å². The second-order valence-electron chi connectivity index (χ2n) is 3.61. The van der Waals surface area contributed by atoms with Crippen LogP contribution in [0.4, 0.5) is 0 Å². The largest absolute Gasteiger partial charge is 0.461 e. The first-order valence-corrected chi connectivity index (χ1v) is 5.79. The first kappa shape index (κ1) is 14.9. The van der Waals surface area contributed by atoms with Gasteiger partial charge in [-0.05, 0) is 18.4 Å². The topological polar surface area (TPSA) is 46.5 Å². The molecule has 3 heteroatoms. The molecule has 0 heterocycles. The van der Waals surface area contributed by atoms with Crippen molar-refractivity contribution in [3.05, 3.63) is 24.3 Å². The highest BCUT2D eigenvalue weighted by Gasteiger charge is 2.14. The molecular formula is C13H22O3. The van der Waals surface area contributed by atoms with Crippen molar-refractivity contribution in [3.8, 4) is 0 Å². The average molecular weight is 226 g/mol. The van der Waals surface area contributed by atoms with Gasteiger partial charge < -0.3 is 9.84 Å². The number of allylic oxidation sites excluding steroid dienone is 1. The molecule has 0 radical (unpaired) electrons. The Labute approximate surface area is 97.8 Å². The van der Waals surface area contributed by atoms with E-state index >= 15 is 0 Å². The van der Waals surface area contributed by atoms with Crippen molar-refractivity contribution < 1.29 is 14.6 Å². The second-order valence-corrected chi connectivity index (χ2v) is 3.61. The molecule has 0 aromatic carbocycles. The van der Waals surface area contributed by atoms with Gasteiger partial charge in [-0.2, -0.15) is 0 Å². The Hall–Kier alpha value is -1.09. The van der Waals surface area contributed by atoms with Gasteiger partial charge in [0, 0.05) is 0 Å². The summed E-state index contributed by atoms with van der Waals surface area (Å²) in [5, 5.41) is 9.81. The van der Waals surface area contributed by atoms with Crippen LogP contribution in [0, 0.1) is 0 Å². The van der Waals surface area contributed by atoms with E-state index < -0.39 is 6.10 Å². The Kier molecular flexibility index (Phi) is 8.53. The monoisotopic (exact) mass is 226 g/mol. The number of esters is 1. The summed E-state index contributed by atoms with van der Waals surface area (Å²) < 4.78 is 4.82. The maximum atomic E-state index is 11.2. The zero-order valence-electron chi connectivity index (χ0n) is 10.2. The second kappa shape index (κ2) is 9.16. The Morgan fingerprint density at radius 3 is 2.69 bits per heavy atom. The highest BCUT2D eigenvalue weighted by molar-refractivity contribution is 5.70. The Morgan fingerprint density at radius 1 is 1.50 bits per heavy atom. The van der Waals surface area contributed by atoms with Gasteiger partial charge in [-0.25, -0.2) is 0 Å². The zero-order valence-corrected chi connectivity index (χ0v) is 10.2. The first-order valence-electron chi connectivity index (χ1n) is 5.79. The fraction of sp³-hybridized carbons (Fsp3) is 0.615. The molecule has 1 unspecified atom stereocenters. The quantitative estimate of drug-likeness (QED) is 0.511. The lowest BCUT2D eigenvalue weighted by atomic mass is 10.0. The molecule has 0 fully saturated rings. The minimum Gasteiger partial charge on any atom is -0.461 e. The number of aliphatic hydroxyl groups is 1. The Bertz CT molecular complexity index is 244. The van der Waals surface area contributed by atoms with Crippen LogP contribution < -0.4 is 0 Å². The number of aliphatic hydroxyl groups excluding tert-OH is 1. The molecule has 0 aromatic rings. The van der Waals surface area contributed by atoms with Crippen LogP contribution >= 0.6 is 0 Å². The summed E-state index contributed by atoms with van der Waals surface area (Å²) in [6.45, 7) is 7.70. The summed E-state index contributed by atoms with van der Waals surface area (Å²) in [4.78, 5) is 11.2. The minimum absolute atomic E-state index is 0.0250. The van der Waals surface area contributed by atoms with E-state index in [1.54, 1.807) is 0 Å². The van der Waals surface area contributed by atoms with Crippen LogP contribution in [0.3, 0.4) is 0 Å². The summed E-state index contributed by atoms with van der Waals surface area (Å²) in [7, 11) is 0. The normalized spacial score (nSPS) is 13.3. The lowest BCUT2D eigenvalue weighted by Gasteiger charge is -2.12. The van der Waals surface area contributed by atoms with Crippen LogP contribution in [-0.4, -0.2) is 23.8 Å². The molecule has 92 valence electrons. The molecule has 0 aliphatic heterocycles. The van der Waals surface area contributed by atoms with Crippen molar-refractivity contribution in [1.82, 2.24) is 0 Å². The number of carbonyl (C=O) groups is 1. The third kappa shape index (κ3) is 6.40. The summed E-state index contributed by atoms with van der Waals surface area (Å²) in [5.74, 6) is -0.386. The van der Waals surface area contributed by atoms with Crippen molar-refractivity contribution in [2.24, 2.45) is 0 Å². The van der Waals surface area contributed by atoms with Gasteiger partial charge in [0.15, 0.2) is 0 Å². The van der Waals surface area contributed by atoms with E-state index in [9.17, 15) is 9.90 Å². The lowest BCUT2D eigenvalue weighted by Crippen LogP contribution is -2.18. The molecule has 0 bridgehead atoms. The molecule has 3 nitrogen and oxygen atoms in total. The van der Waals surface area contributed by atoms with Gasteiger partial charge in [0.25, 0.3) is 0 Å². The molecule has 0 spiro atoms. The predicted molar refractivity (Wildman–Crippen MR) is 65.1 cm³/mol. The third-order valence-corrected chi connectivity index (χ3v) is 2.25. The van der Waals surface area contributed by atoms with E-state index in [1.165, 1.54) is 6.08 Å². The SMILES string of the molecule is C=CCOC(=O)CC(O)/C(=C\CCC)CC. The van der Waals surface area contributed by atoms with Crippen LogP contribution in [0.15, 0.2) is 24.3 Å². The molecule has 0 rings (SSSR count). The molecule has 0 aliphatic rings. The molecule has 0 saturated heterocycles. The lowest BCUT2D eigenvalue weighted by molar-refractivity contribution is -0.144. The molecule has 1 N–H and O–H groups in total. The smallest absolute Gasteiger partial charge is 0.309 e. The maximum absolute atomic E-state index is 11.2. The third-order valence-electron chi connectivity index (χ3n) is 2.25. The van der Waals surface area contributed by atoms with Crippen LogP contribution in [0.5, 0.6) is 0 Å². The van der Waals surface area contributed by atoms with Gasteiger partial charge in [0.1, 0.15) is 6.61 Å². The van der Waals surface area contributed by atoms with Crippen LogP contribution in [0.25, 0.3) is 0 Å². The summed E-state index contributed by atoms with van der Waals surface area (Å²) in [5.41, 5.74) is 0.914. The average Bonchev–Trinajstić information content (AvgIpc) is 2.27. The fourth-order valence-electron chi connectivity index (χ4n) is 1.35. The number of ether oxygens (including phenoxy) is 1. The Morgan fingerprint density at radius 2 is 2.19 bits per heavy atom. The van der Waals surface area contributed by atoms with Crippen molar-refractivity contribution in [2.75, 3.05) is 6.61 Å². The predicted octanol–water partition coefficient (Wildman–Crippen LogP) is 2.60. The molecule has 0 aliphatic carbocycles. The van der Waals surface area contributed by atoms with Crippen LogP contribution in [0.1, 0.15) is 39.5 Å². The van der Waals surface area contributed by atoms with E-state index in [0.29, 0.717) is 0 Å². The summed E-state index contributed by atoms with van der Waals surface area (Å²) in [6, 6.07) is 0. The molecule has 0 aromatic heterocycles. The molecule has 0 amide bonds. The van der Waals surface area contributed by atoms with Crippen LogP contribution in [0.2, 0.25) is 0 Å². The first-order chi connectivity index (χ1) is 7.65. The van der Waals surface area contributed by atoms with Gasteiger partial charge in [0.05, 0.1) is 12.5 Å². The van der Waals surface area contributed by atoms with Crippen molar-refractivity contribution >= 4 is 5.97 Å². The standard InChI is InChI=1S/C13H22O3/c1-4-7-8-11(6-3)12(14)10-13(15)16-9-5-2/h5,8,12,14H,2,4,6-7,9-10H2,1,3H3/b11-8-. The highest BCUT2D eigenvalue weighted by Crippen LogP contribution is 2.13. The summed E-state index contributed by atoms with van der Waals surface area (Å²) >= 11 is 0. The minimum atomic E-state index is -0.714. The van der Waals surface area contributed by atoms with Gasteiger partial charge in [-0.1, -0.05) is 39.0 Å². The van der Waals surface area contributed by atoms with E-state index in [4.69, 9.17) is 4.74 Å². The fourth-order valence-corrected chi connectivity index (χ4v) is 1.35. The van der Waals surface area contributed by atoms with E-state index in [1.807, 2.05) is 13.0 Å². The number of hydrogen-bond donors (Lipinski definition) is 1. The number of rotatable bonds is 8. The van der Waals surface area contributed by atoms with E-state index in [2.05, 4.69) is 13.5 Å². The summed E-state index contributed by atoms with van der Waals surface area (Å²) in [6.07, 6.45) is 5.56. The van der Waals surface area contributed by atoms with Crippen LogP contribution in [-0.2, 0) is 9.53 Å². The maximum Gasteiger partial charge on any atom is 0.309 e. The molecular weight excluding hydrogens is 204 g/mol.